The third-order valence-electron chi connectivity index (χ3n) is 4.15. The maximum atomic E-state index is 12.6. The van der Waals surface area contributed by atoms with Crippen molar-refractivity contribution in [1.29, 1.82) is 0 Å². The number of amides is 2. The molecule has 1 aromatic carbocycles. The summed E-state index contributed by atoms with van der Waals surface area (Å²) in [6.45, 7) is 3.75. The van der Waals surface area contributed by atoms with Crippen LogP contribution in [0.3, 0.4) is 0 Å². The fourth-order valence-electron chi connectivity index (χ4n) is 2.92. The molecule has 1 aliphatic heterocycles. The first-order chi connectivity index (χ1) is 12.0. The lowest BCUT2D eigenvalue weighted by atomic mass is 10.0. The van der Waals surface area contributed by atoms with E-state index in [1.807, 2.05) is 19.2 Å². The largest absolute Gasteiger partial charge is 0.365 e. The molecule has 3 rings (SSSR count). The van der Waals surface area contributed by atoms with Crippen molar-refractivity contribution in [2.75, 3.05) is 24.7 Å². The summed E-state index contributed by atoms with van der Waals surface area (Å²) in [5, 5.41) is 3.45. The fourth-order valence-corrected chi connectivity index (χ4v) is 4.91. The van der Waals surface area contributed by atoms with E-state index in [0.717, 1.165) is 40.6 Å². The van der Waals surface area contributed by atoms with Gasteiger partial charge in [-0.15, -0.1) is 23.1 Å². The molecule has 0 fully saturated rings. The molecule has 0 atom stereocenters. The van der Waals surface area contributed by atoms with Gasteiger partial charge in [0.25, 0.3) is 11.8 Å². The average molecular weight is 376 g/mol. The second-order valence-corrected chi connectivity index (χ2v) is 8.41. The highest BCUT2D eigenvalue weighted by molar-refractivity contribution is 7.99. The molecule has 25 heavy (non-hydrogen) atoms. The van der Waals surface area contributed by atoms with Crippen molar-refractivity contribution in [2.45, 2.75) is 24.8 Å². The third kappa shape index (κ3) is 3.89. The maximum Gasteiger partial charge on any atom is 0.256 e. The second kappa shape index (κ2) is 7.59. The predicted molar refractivity (Wildman–Crippen MR) is 104 cm³/mol. The van der Waals surface area contributed by atoms with E-state index >= 15 is 0 Å². The van der Waals surface area contributed by atoms with E-state index < -0.39 is 5.91 Å². The lowest BCUT2D eigenvalue weighted by Gasteiger charge is -2.22. The molecule has 0 saturated carbocycles. The lowest BCUT2D eigenvalue weighted by Crippen LogP contribution is -2.27. The topological polar surface area (TPSA) is 75.4 Å². The zero-order valence-electron chi connectivity index (χ0n) is 14.3. The minimum absolute atomic E-state index is 0.220. The molecule has 2 heterocycles. The molecule has 2 amide bonds. The quantitative estimate of drug-likeness (QED) is 0.787. The van der Waals surface area contributed by atoms with Crippen LogP contribution in [-0.4, -0.2) is 36.1 Å². The van der Waals surface area contributed by atoms with Crippen LogP contribution >= 0.6 is 23.1 Å². The van der Waals surface area contributed by atoms with Gasteiger partial charge >= 0.3 is 0 Å². The van der Waals surface area contributed by atoms with Crippen LogP contribution in [0.1, 0.15) is 38.1 Å². The molecule has 5 nitrogen and oxygen atoms in total. The molecular formula is C18H21N3O2S2. The van der Waals surface area contributed by atoms with E-state index in [0.29, 0.717) is 16.1 Å². The Morgan fingerprint density at radius 1 is 1.32 bits per heavy atom. The Balaban J connectivity index is 1.84. The summed E-state index contributed by atoms with van der Waals surface area (Å²) in [6.07, 6.45) is 0.777. The van der Waals surface area contributed by atoms with Gasteiger partial charge in [-0.25, -0.2) is 0 Å². The van der Waals surface area contributed by atoms with Gasteiger partial charge in [0, 0.05) is 28.4 Å². The van der Waals surface area contributed by atoms with Gasteiger partial charge in [-0.3, -0.25) is 9.59 Å². The summed E-state index contributed by atoms with van der Waals surface area (Å²) < 4.78 is 0. The van der Waals surface area contributed by atoms with Crippen molar-refractivity contribution in [2.24, 2.45) is 5.73 Å². The van der Waals surface area contributed by atoms with Gasteiger partial charge < -0.3 is 16.0 Å². The molecule has 1 aromatic heterocycles. The predicted octanol–water partition coefficient (Wildman–Crippen LogP) is 3.20. The van der Waals surface area contributed by atoms with Crippen molar-refractivity contribution in [3.05, 3.63) is 45.8 Å². The molecule has 7 heteroatoms. The molecule has 0 aliphatic carbocycles. The number of hydrogen-bond acceptors (Lipinski definition) is 5. The monoisotopic (exact) mass is 375 g/mol. The average Bonchev–Trinajstić information content (AvgIpc) is 2.92. The van der Waals surface area contributed by atoms with Gasteiger partial charge in [0.2, 0.25) is 0 Å². The first-order valence-corrected chi connectivity index (χ1v) is 9.97. The number of fused-ring (bicyclic) bond motifs is 1. The van der Waals surface area contributed by atoms with Crippen LogP contribution in [0.25, 0.3) is 0 Å². The highest BCUT2D eigenvalue weighted by Gasteiger charge is 2.26. The third-order valence-corrected chi connectivity index (χ3v) is 6.18. The molecule has 0 saturated heterocycles. The Kier molecular flexibility index (Phi) is 5.46. The Morgan fingerprint density at radius 2 is 2.04 bits per heavy atom. The van der Waals surface area contributed by atoms with Crippen molar-refractivity contribution in [3.63, 3.8) is 0 Å². The highest BCUT2D eigenvalue weighted by atomic mass is 32.2. The van der Waals surface area contributed by atoms with Crippen LogP contribution in [0, 0.1) is 0 Å². The van der Waals surface area contributed by atoms with E-state index in [1.165, 1.54) is 11.3 Å². The number of likely N-dealkylation sites (N-methyl/N-ethyl adjacent to an activating group) is 1. The number of anilines is 1. The van der Waals surface area contributed by atoms with E-state index in [9.17, 15) is 9.59 Å². The number of nitrogens with two attached hydrogens (primary N) is 1. The molecule has 2 aromatic rings. The van der Waals surface area contributed by atoms with E-state index in [1.54, 1.807) is 23.9 Å². The number of hydrogen-bond donors (Lipinski definition) is 2. The van der Waals surface area contributed by atoms with Crippen LogP contribution < -0.4 is 11.1 Å². The van der Waals surface area contributed by atoms with Crippen LogP contribution in [0.4, 0.5) is 5.00 Å². The molecule has 3 N–H and O–H groups in total. The van der Waals surface area contributed by atoms with Crippen LogP contribution in [0.15, 0.2) is 29.2 Å². The van der Waals surface area contributed by atoms with Crippen molar-refractivity contribution < 1.29 is 9.59 Å². The van der Waals surface area contributed by atoms with Crippen LogP contribution in [-0.2, 0) is 13.0 Å². The smallest absolute Gasteiger partial charge is 0.256 e. The summed E-state index contributed by atoms with van der Waals surface area (Å²) >= 11 is 3.18. The number of rotatable bonds is 5. The van der Waals surface area contributed by atoms with E-state index in [4.69, 9.17) is 5.73 Å². The molecular weight excluding hydrogens is 354 g/mol. The van der Waals surface area contributed by atoms with Gasteiger partial charge in [0.05, 0.1) is 5.56 Å². The molecule has 0 bridgehead atoms. The molecule has 132 valence electrons. The standard InChI is InChI=1S/C18H21N3O2S2/c1-3-24-12-6-4-11(5-7-12)17(23)20-18-15(16(19)22)13-8-9-21(2)10-14(13)25-18/h4-7H,3,8-10H2,1-2H3,(H2,19,22)(H,20,23). The second-order valence-electron chi connectivity index (χ2n) is 5.97. The lowest BCUT2D eigenvalue weighted by molar-refractivity contribution is 0.1000. The summed E-state index contributed by atoms with van der Waals surface area (Å²) in [5.41, 5.74) is 7.61. The molecule has 0 spiro atoms. The van der Waals surface area contributed by atoms with E-state index in [2.05, 4.69) is 17.1 Å². The maximum absolute atomic E-state index is 12.6. The van der Waals surface area contributed by atoms with Crippen molar-refractivity contribution >= 4 is 39.9 Å². The Labute approximate surface area is 155 Å². The van der Waals surface area contributed by atoms with Gasteiger partial charge in [0.1, 0.15) is 5.00 Å². The molecule has 0 unspecified atom stereocenters. The van der Waals surface area contributed by atoms with Crippen LogP contribution in [0.2, 0.25) is 0 Å². The zero-order valence-corrected chi connectivity index (χ0v) is 15.9. The minimum atomic E-state index is -0.480. The summed E-state index contributed by atoms with van der Waals surface area (Å²) in [4.78, 5) is 28.9. The number of nitrogens with zero attached hydrogens (tertiary/aromatic N) is 1. The van der Waals surface area contributed by atoms with Crippen molar-refractivity contribution in [3.8, 4) is 0 Å². The SMILES string of the molecule is CCSc1ccc(C(=O)Nc2sc3c(c2C(N)=O)CCN(C)C3)cc1. The van der Waals surface area contributed by atoms with Gasteiger partial charge in [0.15, 0.2) is 0 Å². The molecule has 1 aliphatic rings. The highest BCUT2D eigenvalue weighted by Crippen LogP contribution is 2.36. The Hall–Kier alpha value is -1.83. The first kappa shape index (κ1) is 18.0. The Morgan fingerprint density at radius 3 is 2.68 bits per heavy atom. The first-order valence-electron chi connectivity index (χ1n) is 8.16. The Bertz CT molecular complexity index is 799. The number of nitrogens with one attached hydrogen (secondary N) is 1. The number of carbonyl (C=O) groups excluding carboxylic acids is 2. The zero-order chi connectivity index (χ0) is 18.0. The number of primary amides is 1. The van der Waals surface area contributed by atoms with Gasteiger partial charge in [-0.05, 0) is 49.1 Å². The van der Waals surface area contributed by atoms with Crippen LogP contribution in [0.5, 0.6) is 0 Å². The number of benzene rings is 1. The minimum Gasteiger partial charge on any atom is -0.365 e. The number of carbonyl (C=O) groups is 2. The summed E-state index contributed by atoms with van der Waals surface area (Å²) in [6, 6.07) is 7.48. The number of thioether (sulfide) groups is 1. The number of thiophene rings is 1. The van der Waals surface area contributed by atoms with Gasteiger partial charge in [-0.1, -0.05) is 6.92 Å². The fraction of sp³-hybridized carbons (Fsp3) is 0.333. The summed E-state index contributed by atoms with van der Waals surface area (Å²) in [5.74, 6) is 0.289. The normalized spacial score (nSPS) is 14.2. The van der Waals surface area contributed by atoms with E-state index in [-0.39, 0.29) is 5.91 Å². The van der Waals surface area contributed by atoms with Crippen molar-refractivity contribution in [1.82, 2.24) is 4.90 Å². The molecule has 0 radical (unpaired) electrons. The van der Waals surface area contributed by atoms with Gasteiger partial charge in [-0.2, -0.15) is 0 Å². The summed E-state index contributed by atoms with van der Waals surface area (Å²) in [7, 11) is 2.04.